The topological polar surface area (TPSA) is 12.9 Å². The summed E-state index contributed by atoms with van der Waals surface area (Å²) in [5.74, 6) is 1.30. The van der Waals surface area contributed by atoms with Crippen molar-refractivity contribution in [3.8, 4) is 0 Å². The van der Waals surface area contributed by atoms with E-state index in [2.05, 4.69) is 11.9 Å². The highest BCUT2D eigenvalue weighted by atomic mass is 32.1. The highest BCUT2D eigenvalue weighted by molar-refractivity contribution is 7.18. The van der Waals surface area contributed by atoms with Gasteiger partial charge in [-0.25, -0.2) is 9.37 Å². The van der Waals surface area contributed by atoms with Gasteiger partial charge in [0.1, 0.15) is 5.82 Å². The quantitative estimate of drug-likeness (QED) is 0.712. The Morgan fingerprint density at radius 3 is 2.76 bits per heavy atom. The van der Waals surface area contributed by atoms with Crippen LogP contribution in [0.5, 0.6) is 0 Å². The molecule has 2 aromatic rings. The molecule has 1 aliphatic rings. The van der Waals surface area contributed by atoms with Crippen LogP contribution in [0.3, 0.4) is 0 Å². The van der Waals surface area contributed by atoms with Crippen molar-refractivity contribution in [2.45, 2.75) is 38.5 Å². The first-order chi connectivity index (χ1) is 8.22. The molecule has 0 N–H and O–H groups in total. The molecule has 0 spiro atoms. The van der Waals surface area contributed by atoms with E-state index in [0.717, 1.165) is 16.1 Å². The summed E-state index contributed by atoms with van der Waals surface area (Å²) in [5, 5.41) is 1.21. The summed E-state index contributed by atoms with van der Waals surface area (Å²) in [7, 11) is 0. The third-order valence-corrected chi connectivity index (χ3v) is 4.91. The minimum Gasteiger partial charge on any atom is -0.241 e. The molecule has 0 bridgehead atoms. The first-order valence-electron chi connectivity index (χ1n) is 6.28. The molecule has 90 valence electrons. The molecule has 0 saturated heterocycles. The van der Waals surface area contributed by atoms with Gasteiger partial charge in [-0.05, 0) is 37.0 Å². The zero-order valence-corrected chi connectivity index (χ0v) is 10.8. The predicted octanol–water partition coefficient (Wildman–Crippen LogP) is 4.73. The molecule has 0 amide bonds. The summed E-state index contributed by atoms with van der Waals surface area (Å²) in [6.45, 7) is 2.32. The number of rotatable bonds is 1. The molecule has 0 radical (unpaired) electrons. The summed E-state index contributed by atoms with van der Waals surface area (Å²) in [6.07, 6.45) is 5.08. The summed E-state index contributed by atoms with van der Waals surface area (Å²) in [5.41, 5.74) is 0.949. The molecule has 1 aliphatic carbocycles. The number of fused-ring (bicyclic) bond motifs is 1. The number of aromatic nitrogens is 1. The Morgan fingerprint density at radius 1 is 1.24 bits per heavy atom. The first-order valence-corrected chi connectivity index (χ1v) is 7.10. The summed E-state index contributed by atoms with van der Waals surface area (Å²) in [4.78, 5) is 4.65. The van der Waals surface area contributed by atoms with Gasteiger partial charge in [-0.3, -0.25) is 0 Å². The van der Waals surface area contributed by atoms with Gasteiger partial charge in [-0.1, -0.05) is 19.8 Å². The van der Waals surface area contributed by atoms with Gasteiger partial charge in [0.05, 0.1) is 15.2 Å². The fourth-order valence-electron chi connectivity index (χ4n) is 2.60. The van der Waals surface area contributed by atoms with Crippen molar-refractivity contribution < 1.29 is 4.39 Å². The van der Waals surface area contributed by atoms with Crippen LogP contribution in [0.4, 0.5) is 4.39 Å². The van der Waals surface area contributed by atoms with Gasteiger partial charge in [0.2, 0.25) is 0 Å². The second-order valence-electron chi connectivity index (χ2n) is 5.12. The fraction of sp³-hybridized carbons (Fsp3) is 0.500. The smallest absolute Gasteiger partial charge is 0.124 e. The van der Waals surface area contributed by atoms with Crippen molar-refractivity contribution >= 4 is 21.6 Å². The van der Waals surface area contributed by atoms with E-state index in [1.165, 1.54) is 36.8 Å². The monoisotopic (exact) mass is 249 g/mol. The van der Waals surface area contributed by atoms with E-state index >= 15 is 0 Å². The number of nitrogens with zero attached hydrogens (tertiary/aromatic N) is 1. The van der Waals surface area contributed by atoms with E-state index in [1.807, 2.05) is 0 Å². The zero-order valence-electron chi connectivity index (χ0n) is 9.95. The first kappa shape index (κ1) is 11.1. The zero-order chi connectivity index (χ0) is 11.8. The SMILES string of the molecule is CC1CCC(c2nc3ccc(F)cc3s2)CC1. The number of hydrogen-bond acceptors (Lipinski definition) is 2. The molecule has 3 rings (SSSR count). The highest BCUT2D eigenvalue weighted by Crippen LogP contribution is 2.38. The summed E-state index contributed by atoms with van der Waals surface area (Å²) >= 11 is 1.67. The molecule has 3 heteroatoms. The van der Waals surface area contributed by atoms with Crippen LogP contribution in [0.2, 0.25) is 0 Å². The highest BCUT2D eigenvalue weighted by Gasteiger charge is 2.22. The lowest BCUT2D eigenvalue weighted by atomic mass is 9.83. The predicted molar refractivity (Wildman–Crippen MR) is 70.0 cm³/mol. The number of benzene rings is 1. The number of thiazole rings is 1. The molecule has 1 aromatic carbocycles. The van der Waals surface area contributed by atoms with E-state index in [9.17, 15) is 4.39 Å². The normalized spacial score (nSPS) is 25.3. The van der Waals surface area contributed by atoms with Crippen molar-refractivity contribution in [1.82, 2.24) is 4.98 Å². The van der Waals surface area contributed by atoms with E-state index in [1.54, 1.807) is 23.5 Å². The Hall–Kier alpha value is -0.960. The Labute approximate surface area is 105 Å². The molecule has 1 nitrogen and oxygen atoms in total. The van der Waals surface area contributed by atoms with Crippen molar-refractivity contribution in [3.63, 3.8) is 0 Å². The maximum Gasteiger partial charge on any atom is 0.124 e. The summed E-state index contributed by atoms with van der Waals surface area (Å²) in [6, 6.07) is 4.88. The molecular weight excluding hydrogens is 233 g/mol. The Balaban J connectivity index is 1.90. The Kier molecular flexibility index (Phi) is 2.87. The molecule has 0 aliphatic heterocycles. The lowest BCUT2D eigenvalue weighted by Crippen LogP contribution is -2.10. The number of halogens is 1. The molecule has 1 aromatic heterocycles. The van der Waals surface area contributed by atoms with Crippen molar-refractivity contribution in [1.29, 1.82) is 0 Å². The molecule has 0 atom stereocenters. The average Bonchev–Trinajstić information content (AvgIpc) is 2.72. The lowest BCUT2D eigenvalue weighted by Gasteiger charge is -2.24. The van der Waals surface area contributed by atoms with Crippen LogP contribution in [0.25, 0.3) is 10.2 Å². The minimum atomic E-state index is -0.162. The van der Waals surface area contributed by atoms with Gasteiger partial charge in [0.15, 0.2) is 0 Å². The fourth-order valence-corrected chi connectivity index (χ4v) is 3.76. The van der Waals surface area contributed by atoms with E-state index in [-0.39, 0.29) is 5.82 Å². The van der Waals surface area contributed by atoms with E-state index in [0.29, 0.717) is 5.92 Å². The third kappa shape index (κ3) is 2.21. The largest absolute Gasteiger partial charge is 0.241 e. The van der Waals surface area contributed by atoms with Gasteiger partial charge in [0.25, 0.3) is 0 Å². The Morgan fingerprint density at radius 2 is 2.00 bits per heavy atom. The second kappa shape index (κ2) is 4.37. The molecule has 1 saturated carbocycles. The molecule has 0 unspecified atom stereocenters. The van der Waals surface area contributed by atoms with Crippen LogP contribution in [0, 0.1) is 11.7 Å². The number of hydrogen-bond donors (Lipinski definition) is 0. The lowest BCUT2D eigenvalue weighted by molar-refractivity contribution is 0.347. The van der Waals surface area contributed by atoms with E-state index in [4.69, 9.17) is 0 Å². The third-order valence-electron chi connectivity index (χ3n) is 3.73. The van der Waals surface area contributed by atoms with Crippen LogP contribution in [-0.4, -0.2) is 4.98 Å². The second-order valence-corrected chi connectivity index (χ2v) is 6.18. The maximum absolute atomic E-state index is 13.1. The molecule has 1 heterocycles. The van der Waals surface area contributed by atoms with Gasteiger partial charge < -0.3 is 0 Å². The van der Waals surface area contributed by atoms with Crippen LogP contribution in [0.15, 0.2) is 18.2 Å². The van der Waals surface area contributed by atoms with Crippen LogP contribution < -0.4 is 0 Å². The molecular formula is C14H16FNS. The average molecular weight is 249 g/mol. The van der Waals surface area contributed by atoms with Crippen LogP contribution >= 0.6 is 11.3 Å². The standard InChI is InChI=1S/C14H16FNS/c1-9-2-4-10(5-3-9)14-16-12-7-6-11(15)8-13(12)17-14/h6-10H,2-5H2,1H3. The van der Waals surface area contributed by atoms with Gasteiger partial charge in [-0.2, -0.15) is 0 Å². The maximum atomic E-state index is 13.1. The van der Waals surface area contributed by atoms with Crippen molar-refractivity contribution in [2.75, 3.05) is 0 Å². The Bertz CT molecular complexity index is 526. The molecule has 1 fully saturated rings. The van der Waals surface area contributed by atoms with Crippen LogP contribution in [-0.2, 0) is 0 Å². The summed E-state index contributed by atoms with van der Waals surface area (Å²) < 4.78 is 14.1. The van der Waals surface area contributed by atoms with Gasteiger partial charge in [-0.15, -0.1) is 11.3 Å². The minimum absolute atomic E-state index is 0.162. The van der Waals surface area contributed by atoms with E-state index < -0.39 is 0 Å². The van der Waals surface area contributed by atoms with Gasteiger partial charge >= 0.3 is 0 Å². The van der Waals surface area contributed by atoms with Crippen molar-refractivity contribution in [2.24, 2.45) is 5.92 Å². The molecule has 17 heavy (non-hydrogen) atoms. The van der Waals surface area contributed by atoms with Crippen molar-refractivity contribution in [3.05, 3.63) is 29.0 Å². The van der Waals surface area contributed by atoms with Crippen LogP contribution in [0.1, 0.15) is 43.5 Å². The van der Waals surface area contributed by atoms with Gasteiger partial charge in [0, 0.05) is 5.92 Å².